The smallest absolute Gasteiger partial charge is 0.280 e. The third-order valence-electron chi connectivity index (χ3n) is 6.17. The van der Waals surface area contributed by atoms with Crippen molar-refractivity contribution >= 4 is 48.8 Å². The van der Waals surface area contributed by atoms with Crippen LogP contribution in [-0.4, -0.2) is 77.5 Å². The molecule has 0 bridgehead atoms. The number of fused-ring (bicyclic) bond motifs is 1. The van der Waals surface area contributed by atoms with Crippen molar-refractivity contribution in [1.29, 1.82) is 0 Å². The molecule has 216 valence electrons. The predicted octanol–water partition coefficient (Wildman–Crippen LogP) is 4.58. The molecule has 12 heteroatoms. The Hall–Kier alpha value is -3.68. The molecule has 0 spiro atoms. The molecule has 0 aliphatic carbocycles. The number of amides is 1. The second-order valence-electron chi connectivity index (χ2n) is 9.02. The molecule has 0 saturated carbocycles. The highest BCUT2D eigenvalue weighted by Gasteiger charge is 2.26. The summed E-state index contributed by atoms with van der Waals surface area (Å²) in [5.41, 5.74) is 2.84. The number of ether oxygens (including phenoxy) is 3. The number of methoxy groups -OCH3 is 3. The van der Waals surface area contributed by atoms with Crippen molar-refractivity contribution in [2.45, 2.75) is 11.8 Å². The van der Waals surface area contributed by atoms with E-state index in [1.807, 2.05) is 37.3 Å². The topological polar surface area (TPSA) is 111 Å². The third-order valence-corrected chi connectivity index (χ3v) is 9.08. The molecule has 0 aliphatic heterocycles. The van der Waals surface area contributed by atoms with Crippen molar-refractivity contribution in [3.63, 3.8) is 0 Å². The van der Waals surface area contributed by atoms with Crippen molar-refractivity contribution < 1.29 is 27.4 Å². The Morgan fingerprint density at radius 3 is 2.22 bits per heavy atom. The van der Waals surface area contributed by atoms with Gasteiger partial charge in [-0.1, -0.05) is 17.4 Å². The minimum atomic E-state index is -3.84. The fourth-order valence-electron chi connectivity index (χ4n) is 3.89. The lowest BCUT2D eigenvalue weighted by molar-refractivity contribution is 0.0987. The van der Waals surface area contributed by atoms with Gasteiger partial charge < -0.3 is 14.2 Å². The first-order chi connectivity index (χ1) is 19.8. The molecule has 4 rings (SSSR count). The van der Waals surface area contributed by atoms with Crippen molar-refractivity contribution in [3.05, 3.63) is 83.4 Å². The van der Waals surface area contributed by atoms with Crippen LogP contribution in [0.4, 0.5) is 5.13 Å². The van der Waals surface area contributed by atoms with Gasteiger partial charge in [-0.25, -0.2) is 13.4 Å². The molecule has 41 heavy (non-hydrogen) atoms. The van der Waals surface area contributed by atoms with Gasteiger partial charge in [0.1, 0.15) is 5.75 Å². The number of hydrazone groups is 1. The molecule has 0 unspecified atom stereocenters. The summed E-state index contributed by atoms with van der Waals surface area (Å²) in [6.45, 7) is 2.82. The van der Waals surface area contributed by atoms with E-state index in [4.69, 9.17) is 14.2 Å². The van der Waals surface area contributed by atoms with E-state index in [1.54, 1.807) is 25.5 Å². The summed E-state index contributed by atoms with van der Waals surface area (Å²) in [4.78, 5) is 18.5. The van der Waals surface area contributed by atoms with Gasteiger partial charge in [0.15, 0.2) is 0 Å². The number of aryl methyl sites for hydroxylation is 1. The Kier molecular flexibility index (Phi) is 10.2. The molecule has 0 fully saturated rings. The summed E-state index contributed by atoms with van der Waals surface area (Å²) in [5, 5.41) is 6.12. The average molecular weight is 597 g/mol. The largest absolute Gasteiger partial charge is 0.497 e. The van der Waals surface area contributed by atoms with E-state index < -0.39 is 15.9 Å². The van der Waals surface area contributed by atoms with Crippen LogP contribution in [0.15, 0.2) is 76.7 Å². The van der Waals surface area contributed by atoms with Gasteiger partial charge in [0.25, 0.3) is 5.91 Å². The van der Waals surface area contributed by atoms with Crippen LogP contribution < -0.4 is 9.75 Å². The van der Waals surface area contributed by atoms with Crippen LogP contribution in [0, 0.1) is 6.92 Å². The Labute approximate surface area is 243 Å². The quantitative estimate of drug-likeness (QED) is 0.164. The lowest BCUT2D eigenvalue weighted by atomic mass is 10.2. The molecule has 1 aromatic heterocycles. The SMILES string of the molecule is COCCN(CCOC)S(=O)(=O)c1ccc(C(=O)N(/N=C/c2ccc(OC)cc2)c2nc3ccc(C)cc3s2)cc1. The zero-order valence-corrected chi connectivity index (χ0v) is 24.9. The molecule has 0 atom stereocenters. The van der Waals surface area contributed by atoms with Gasteiger partial charge in [0.05, 0.1) is 41.7 Å². The van der Waals surface area contributed by atoms with Crippen LogP contribution in [0.5, 0.6) is 5.75 Å². The number of nitrogens with zero attached hydrogens (tertiary/aromatic N) is 4. The second-order valence-corrected chi connectivity index (χ2v) is 12.0. The van der Waals surface area contributed by atoms with Crippen LogP contribution in [0.1, 0.15) is 21.5 Å². The number of thiazole rings is 1. The van der Waals surface area contributed by atoms with E-state index in [9.17, 15) is 13.2 Å². The van der Waals surface area contributed by atoms with Crippen LogP contribution in [0.2, 0.25) is 0 Å². The van der Waals surface area contributed by atoms with Gasteiger partial charge in [0.2, 0.25) is 15.2 Å². The van der Waals surface area contributed by atoms with Crippen molar-refractivity contribution in [3.8, 4) is 5.75 Å². The maximum atomic E-state index is 13.8. The van der Waals surface area contributed by atoms with Crippen molar-refractivity contribution in [2.24, 2.45) is 5.10 Å². The summed E-state index contributed by atoms with van der Waals surface area (Å²) in [6, 6.07) is 18.9. The van der Waals surface area contributed by atoms with E-state index in [0.717, 1.165) is 21.3 Å². The summed E-state index contributed by atoms with van der Waals surface area (Å²) in [5.74, 6) is 0.250. The molecule has 1 amide bonds. The molecule has 3 aromatic carbocycles. The van der Waals surface area contributed by atoms with Gasteiger partial charge >= 0.3 is 0 Å². The Bertz CT molecular complexity index is 1590. The van der Waals surface area contributed by atoms with Gasteiger partial charge in [-0.3, -0.25) is 4.79 Å². The predicted molar refractivity (Wildman–Crippen MR) is 161 cm³/mol. The maximum absolute atomic E-state index is 13.8. The molecule has 4 aromatic rings. The zero-order chi connectivity index (χ0) is 29.4. The molecule has 1 heterocycles. The second kappa shape index (κ2) is 13.8. The lowest BCUT2D eigenvalue weighted by Gasteiger charge is -2.21. The van der Waals surface area contributed by atoms with Crippen LogP contribution in [0.25, 0.3) is 10.2 Å². The number of aromatic nitrogens is 1. The number of carbonyl (C=O) groups excluding carboxylic acids is 1. The summed E-state index contributed by atoms with van der Waals surface area (Å²) in [7, 11) is 0.775. The Balaban J connectivity index is 1.66. The Morgan fingerprint density at radius 2 is 1.61 bits per heavy atom. The lowest BCUT2D eigenvalue weighted by Crippen LogP contribution is -2.36. The molecule has 10 nitrogen and oxygen atoms in total. The third kappa shape index (κ3) is 7.34. The molecular weight excluding hydrogens is 564 g/mol. The van der Waals surface area contributed by atoms with Crippen LogP contribution in [0.3, 0.4) is 0 Å². The van der Waals surface area contributed by atoms with Gasteiger partial charge in [0, 0.05) is 32.9 Å². The number of hydrogen-bond acceptors (Lipinski definition) is 9. The van der Waals surface area contributed by atoms with Crippen molar-refractivity contribution in [1.82, 2.24) is 9.29 Å². The number of hydrogen-bond donors (Lipinski definition) is 0. The van der Waals surface area contributed by atoms with Gasteiger partial charge in [-0.2, -0.15) is 14.4 Å². The Morgan fingerprint density at radius 1 is 0.951 bits per heavy atom. The van der Waals surface area contributed by atoms with Crippen LogP contribution in [-0.2, 0) is 19.5 Å². The van der Waals surface area contributed by atoms with E-state index in [0.29, 0.717) is 10.9 Å². The highest BCUT2D eigenvalue weighted by molar-refractivity contribution is 7.89. The molecule has 0 radical (unpaired) electrons. The first kappa shape index (κ1) is 30.3. The first-order valence-corrected chi connectivity index (χ1v) is 15.0. The average Bonchev–Trinajstić information content (AvgIpc) is 3.40. The van der Waals surface area contributed by atoms with E-state index in [-0.39, 0.29) is 36.8 Å². The monoisotopic (exact) mass is 596 g/mol. The molecule has 0 aliphatic rings. The molecule has 0 saturated heterocycles. The van der Waals surface area contributed by atoms with Crippen LogP contribution >= 0.6 is 11.3 Å². The minimum absolute atomic E-state index is 0.0602. The fourth-order valence-corrected chi connectivity index (χ4v) is 6.32. The number of anilines is 1. The van der Waals surface area contributed by atoms with E-state index >= 15 is 0 Å². The highest BCUT2D eigenvalue weighted by atomic mass is 32.2. The van der Waals surface area contributed by atoms with E-state index in [2.05, 4.69) is 10.1 Å². The van der Waals surface area contributed by atoms with E-state index in [1.165, 1.54) is 59.1 Å². The first-order valence-electron chi connectivity index (χ1n) is 12.7. The summed E-state index contributed by atoms with van der Waals surface area (Å²) in [6.07, 6.45) is 1.57. The zero-order valence-electron chi connectivity index (χ0n) is 23.3. The molecule has 0 N–H and O–H groups in total. The number of rotatable bonds is 13. The molecular formula is C29H32N4O6S2. The number of sulfonamides is 1. The van der Waals surface area contributed by atoms with Gasteiger partial charge in [-0.05, 0) is 78.7 Å². The number of benzene rings is 3. The highest BCUT2D eigenvalue weighted by Crippen LogP contribution is 2.31. The standard InChI is InChI=1S/C29H32N4O6S2/c1-21-5-14-26-27(19-21)40-29(31-26)33(30-20-22-6-10-24(39-4)11-7-22)28(34)23-8-12-25(13-9-23)41(35,36)32(15-17-37-2)16-18-38-3/h5-14,19-20H,15-18H2,1-4H3/b30-20+. The maximum Gasteiger partial charge on any atom is 0.280 e. The van der Waals surface area contributed by atoms with Gasteiger partial charge in [-0.15, -0.1) is 0 Å². The fraction of sp³-hybridized carbons (Fsp3) is 0.276. The summed E-state index contributed by atoms with van der Waals surface area (Å²) < 4.78 is 44.2. The van der Waals surface area contributed by atoms with Crippen molar-refractivity contribution in [2.75, 3.05) is 52.6 Å². The minimum Gasteiger partial charge on any atom is -0.497 e. The number of carbonyl (C=O) groups is 1. The normalized spacial score (nSPS) is 11.9. The summed E-state index contributed by atoms with van der Waals surface area (Å²) >= 11 is 1.34.